The van der Waals surface area contributed by atoms with Gasteiger partial charge in [0.1, 0.15) is 11.6 Å². The molecule has 2 amide bonds. The summed E-state index contributed by atoms with van der Waals surface area (Å²) in [6.07, 6.45) is 4.59. The Morgan fingerprint density at radius 3 is 2.57 bits per heavy atom. The number of carbonyl (C=O) groups is 2. The molecular formula is C25H30FN5O4. The Kier molecular flexibility index (Phi) is 6.08. The Morgan fingerprint density at radius 1 is 1.20 bits per heavy atom. The van der Waals surface area contributed by atoms with E-state index in [1.165, 1.54) is 28.8 Å². The Morgan fingerprint density at radius 2 is 1.91 bits per heavy atom. The number of nitrogens with zero attached hydrogens (tertiary/aromatic N) is 3. The average Bonchev–Trinajstić information content (AvgIpc) is 3.15. The molecule has 6 rings (SSSR count). The Bertz CT molecular complexity index is 1200. The zero-order valence-corrected chi connectivity index (χ0v) is 19.7. The van der Waals surface area contributed by atoms with Crippen molar-refractivity contribution in [1.29, 1.82) is 0 Å². The number of likely N-dealkylation sites (tertiary alicyclic amines) is 1. The van der Waals surface area contributed by atoms with Crippen molar-refractivity contribution in [3.63, 3.8) is 0 Å². The maximum Gasteiger partial charge on any atom is 0.296 e. The minimum Gasteiger partial charge on any atom is -0.501 e. The first kappa shape index (κ1) is 23.5. The van der Waals surface area contributed by atoms with Gasteiger partial charge in [0.05, 0.1) is 11.6 Å². The molecule has 9 nitrogen and oxygen atoms in total. The smallest absolute Gasteiger partial charge is 0.296 e. The molecule has 1 aromatic carbocycles. The van der Waals surface area contributed by atoms with Crippen LogP contribution in [0.15, 0.2) is 29.1 Å². The molecule has 1 atom stereocenters. The molecule has 0 radical (unpaired) electrons. The van der Waals surface area contributed by atoms with Crippen LogP contribution in [0.2, 0.25) is 0 Å². The van der Waals surface area contributed by atoms with Crippen LogP contribution in [0, 0.1) is 11.7 Å². The van der Waals surface area contributed by atoms with Gasteiger partial charge < -0.3 is 15.7 Å². The van der Waals surface area contributed by atoms with Crippen LogP contribution in [0.5, 0.6) is 5.75 Å². The molecule has 1 aliphatic carbocycles. The van der Waals surface area contributed by atoms with Gasteiger partial charge in [-0.15, -0.1) is 0 Å². The monoisotopic (exact) mass is 483 g/mol. The summed E-state index contributed by atoms with van der Waals surface area (Å²) in [4.78, 5) is 46.0. The van der Waals surface area contributed by atoms with Gasteiger partial charge in [0.25, 0.3) is 11.5 Å². The van der Waals surface area contributed by atoms with Crippen LogP contribution < -0.4 is 16.2 Å². The first-order valence-corrected chi connectivity index (χ1v) is 12.2. The van der Waals surface area contributed by atoms with Crippen LogP contribution in [-0.4, -0.2) is 51.0 Å². The second-order valence-electron chi connectivity index (χ2n) is 10.0. The zero-order valence-electron chi connectivity index (χ0n) is 19.7. The molecule has 186 valence electrons. The van der Waals surface area contributed by atoms with E-state index in [0.29, 0.717) is 30.8 Å². The van der Waals surface area contributed by atoms with Gasteiger partial charge in [0.2, 0.25) is 11.7 Å². The molecule has 0 unspecified atom stereocenters. The number of amides is 2. The highest BCUT2D eigenvalue weighted by Crippen LogP contribution is 2.43. The number of aromatic nitrogens is 2. The van der Waals surface area contributed by atoms with Crippen molar-refractivity contribution in [3.05, 3.63) is 57.5 Å². The molecule has 1 aromatic heterocycles. The van der Waals surface area contributed by atoms with Gasteiger partial charge in [-0.3, -0.25) is 23.9 Å². The number of carbonyl (C=O) groups excluding carboxylic acids is 2. The summed E-state index contributed by atoms with van der Waals surface area (Å²) in [6.45, 7) is 1.33. The fraction of sp³-hybridized carbons (Fsp3) is 0.520. The number of likely N-dealkylation sites (N-methyl/N-ethyl adjacent to an activating group) is 1. The number of benzene rings is 1. The van der Waals surface area contributed by atoms with E-state index in [2.05, 4.69) is 15.6 Å². The minimum atomic E-state index is -0.869. The van der Waals surface area contributed by atoms with Crippen molar-refractivity contribution in [2.45, 2.75) is 63.2 Å². The number of aromatic hydroxyl groups is 1. The third-order valence-electron chi connectivity index (χ3n) is 7.74. The third-order valence-corrected chi connectivity index (χ3v) is 7.74. The molecule has 4 aliphatic rings. The Labute approximate surface area is 202 Å². The van der Waals surface area contributed by atoms with Crippen LogP contribution >= 0.6 is 0 Å². The van der Waals surface area contributed by atoms with E-state index in [9.17, 15) is 23.9 Å². The topological polar surface area (TPSA) is 117 Å². The van der Waals surface area contributed by atoms with Gasteiger partial charge in [-0.05, 0) is 75.7 Å². The largest absolute Gasteiger partial charge is 0.501 e. The SMILES string of the molecule is CN1CCC[C@H]1C(=O)NC12CCC(CC1)Cn1c2nc(C(=O)NCc2ccc(F)cc2)c(O)c1=O. The lowest BCUT2D eigenvalue weighted by atomic mass is 9.77. The Hall–Kier alpha value is -3.27. The van der Waals surface area contributed by atoms with Crippen molar-refractivity contribution in [2.24, 2.45) is 5.92 Å². The fourth-order valence-electron chi connectivity index (χ4n) is 5.68. The van der Waals surface area contributed by atoms with E-state index < -0.39 is 22.8 Å². The van der Waals surface area contributed by atoms with Crippen LogP contribution in [0.25, 0.3) is 0 Å². The van der Waals surface area contributed by atoms with Crippen molar-refractivity contribution < 1.29 is 19.1 Å². The predicted molar refractivity (Wildman–Crippen MR) is 125 cm³/mol. The van der Waals surface area contributed by atoms with Crippen molar-refractivity contribution >= 4 is 11.8 Å². The van der Waals surface area contributed by atoms with Gasteiger partial charge >= 0.3 is 0 Å². The second-order valence-corrected chi connectivity index (χ2v) is 10.0. The van der Waals surface area contributed by atoms with Gasteiger partial charge in [0.15, 0.2) is 5.69 Å². The highest BCUT2D eigenvalue weighted by Gasteiger charge is 2.47. The van der Waals surface area contributed by atoms with E-state index >= 15 is 0 Å². The summed E-state index contributed by atoms with van der Waals surface area (Å²) in [5.41, 5.74) is -1.24. The van der Waals surface area contributed by atoms with Gasteiger partial charge in [-0.1, -0.05) is 12.1 Å². The maximum atomic E-state index is 13.3. The highest BCUT2D eigenvalue weighted by molar-refractivity contribution is 5.94. The van der Waals surface area contributed by atoms with Crippen LogP contribution in [0.3, 0.4) is 0 Å². The number of rotatable bonds is 5. The summed E-state index contributed by atoms with van der Waals surface area (Å²) in [5.74, 6) is -1.31. The van der Waals surface area contributed by atoms with Gasteiger partial charge in [-0.25, -0.2) is 9.37 Å². The predicted octanol–water partition coefficient (Wildman–Crippen LogP) is 1.63. The maximum absolute atomic E-state index is 13.3. The van der Waals surface area contributed by atoms with E-state index in [1.807, 2.05) is 11.9 Å². The Balaban J connectivity index is 1.47. The van der Waals surface area contributed by atoms with Crippen molar-refractivity contribution in [3.8, 4) is 5.75 Å². The molecule has 10 heteroatoms. The van der Waals surface area contributed by atoms with Crippen molar-refractivity contribution in [2.75, 3.05) is 13.6 Å². The molecule has 2 fully saturated rings. The summed E-state index contributed by atoms with van der Waals surface area (Å²) in [6, 6.07) is 5.42. The minimum absolute atomic E-state index is 0.0800. The number of nitrogens with one attached hydrogen (secondary N) is 2. The normalized spacial score (nSPS) is 25.7. The molecule has 3 N–H and O–H groups in total. The number of halogens is 1. The van der Waals surface area contributed by atoms with Crippen LogP contribution in [0.4, 0.5) is 4.39 Å². The zero-order chi connectivity index (χ0) is 24.7. The number of hydrogen-bond donors (Lipinski definition) is 3. The van der Waals surface area contributed by atoms with Crippen LogP contribution in [0.1, 0.15) is 60.4 Å². The quantitative estimate of drug-likeness (QED) is 0.595. The highest BCUT2D eigenvalue weighted by atomic mass is 19.1. The van der Waals surface area contributed by atoms with E-state index in [-0.39, 0.29) is 35.9 Å². The first-order chi connectivity index (χ1) is 16.8. The molecule has 35 heavy (non-hydrogen) atoms. The molecular weight excluding hydrogens is 453 g/mol. The lowest BCUT2D eigenvalue weighted by Gasteiger charge is -2.38. The summed E-state index contributed by atoms with van der Waals surface area (Å²) >= 11 is 0. The summed E-state index contributed by atoms with van der Waals surface area (Å²) in [5, 5.41) is 16.5. The average molecular weight is 484 g/mol. The number of fused-ring (bicyclic) bond motifs is 2. The molecule has 4 heterocycles. The van der Waals surface area contributed by atoms with E-state index in [1.54, 1.807) is 0 Å². The molecule has 1 saturated heterocycles. The lowest BCUT2D eigenvalue weighted by molar-refractivity contribution is -0.127. The van der Waals surface area contributed by atoms with Gasteiger partial charge in [0, 0.05) is 13.1 Å². The summed E-state index contributed by atoms with van der Waals surface area (Å²) in [7, 11) is 1.93. The third kappa shape index (κ3) is 4.31. The van der Waals surface area contributed by atoms with E-state index in [4.69, 9.17) is 0 Å². The van der Waals surface area contributed by atoms with E-state index in [0.717, 1.165) is 32.2 Å². The molecule has 1 saturated carbocycles. The van der Waals surface area contributed by atoms with Gasteiger partial charge in [-0.2, -0.15) is 0 Å². The van der Waals surface area contributed by atoms with Crippen molar-refractivity contribution in [1.82, 2.24) is 25.1 Å². The fourth-order valence-corrected chi connectivity index (χ4v) is 5.68. The molecule has 2 bridgehead atoms. The lowest BCUT2D eigenvalue weighted by Crippen LogP contribution is -2.54. The molecule has 3 aliphatic heterocycles. The number of hydrogen-bond acceptors (Lipinski definition) is 6. The standard InChI is InChI=1S/C25H30FN5O4/c1-30-12-2-3-18(30)21(33)29-25-10-8-16(9-11-25)14-31-23(35)20(32)19(28-24(25)31)22(34)27-13-15-4-6-17(26)7-5-15/h4-7,16,18,32H,2-3,8-14H2,1H3,(H,27,34)(H,29,33)/t16?,18-,25?/m0/s1. The molecule has 0 spiro atoms. The second kappa shape index (κ2) is 9.07. The first-order valence-electron chi connectivity index (χ1n) is 12.2. The van der Waals surface area contributed by atoms with Crippen LogP contribution in [-0.2, 0) is 23.4 Å². The molecule has 2 aromatic rings. The summed E-state index contributed by atoms with van der Waals surface area (Å²) < 4.78 is 14.6.